The van der Waals surface area contributed by atoms with Crippen LogP contribution in [0.5, 0.6) is 0 Å². The highest BCUT2D eigenvalue weighted by Gasteiger charge is 2.49. The number of rotatable bonds is 6. The first-order valence-electron chi connectivity index (χ1n) is 11.7. The molecular weight excluding hydrogens is 394 g/mol. The molecule has 0 bridgehead atoms. The zero-order valence-electron chi connectivity index (χ0n) is 18.7. The predicted octanol–water partition coefficient (Wildman–Crippen LogP) is 5.22. The summed E-state index contributed by atoms with van der Waals surface area (Å²) < 4.78 is 0. The van der Waals surface area contributed by atoms with Gasteiger partial charge in [0.1, 0.15) is 6.29 Å². The van der Waals surface area contributed by atoms with Gasteiger partial charge in [0, 0.05) is 19.5 Å². The van der Waals surface area contributed by atoms with Crippen molar-refractivity contribution in [1.82, 2.24) is 4.90 Å². The molecule has 4 atom stereocenters. The van der Waals surface area contributed by atoms with Gasteiger partial charge >= 0.3 is 0 Å². The molecule has 2 aliphatic rings. The van der Waals surface area contributed by atoms with Crippen LogP contribution in [0.3, 0.4) is 0 Å². The first-order valence-corrected chi connectivity index (χ1v) is 11.7. The number of carbonyl (C=O) groups is 1. The summed E-state index contributed by atoms with van der Waals surface area (Å²) in [6.45, 7) is 3.85. The van der Waals surface area contributed by atoms with Crippen molar-refractivity contribution < 1.29 is 9.90 Å². The van der Waals surface area contributed by atoms with Crippen LogP contribution in [0.4, 0.5) is 0 Å². The largest absolute Gasteiger partial charge is 0.390 e. The van der Waals surface area contributed by atoms with E-state index in [0.717, 1.165) is 49.8 Å². The smallest absolute Gasteiger partial charge is 0.141 e. The monoisotopic (exact) mass is 425 g/mol. The van der Waals surface area contributed by atoms with Gasteiger partial charge in [-0.25, -0.2) is 0 Å². The summed E-state index contributed by atoms with van der Waals surface area (Å²) in [5, 5.41) is 11.2. The van der Waals surface area contributed by atoms with E-state index < -0.39 is 5.60 Å². The van der Waals surface area contributed by atoms with E-state index >= 15 is 0 Å². The van der Waals surface area contributed by atoms with Crippen LogP contribution in [0.2, 0.25) is 0 Å². The fourth-order valence-corrected chi connectivity index (χ4v) is 5.95. The number of hydrogen-bond acceptors (Lipinski definition) is 3. The quantitative estimate of drug-likeness (QED) is 0.551. The van der Waals surface area contributed by atoms with E-state index in [9.17, 15) is 9.90 Å². The molecule has 3 aromatic rings. The standard InChI is InChI=1S/C29H31NO2/c1-21-7-5-10-23(13-21)24-11-6-12-25(14-24)28(20-31)30-18-26-16-29(32,17-27(26)19-30)15-22-8-3-2-4-9-22/h2-14,20,26-28,32H,15-19H2,1H3/t26-,27+,28?,29-. The zero-order chi connectivity index (χ0) is 22.1. The van der Waals surface area contributed by atoms with Gasteiger partial charge in [-0.1, -0.05) is 78.4 Å². The number of nitrogens with zero attached hydrogens (tertiary/aromatic N) is 1. The van der Waals surface area contributed by atoms with Crippen LogP contribution in [0, 0.1) is 18.8 Å². The van der Waals surface area contributed by atoms with Gasteiger partial charge in [0.2, 0.25) is 0 Å². The van der Waals surface area contributed by atoms with Crippen molar-refractivity contribution in [2.45, 2.75) is 37.8 Å². The molecule has 1 heterocycles. The second-order valence-corrected chi connectivity index (χ2v) is 9.84. The molecule has 32 heavy (non-hydrogen) atoms. The minimum atomic E-state index is -0.620. The van der Waals surface area contributed by atoms with E-state index in [1.54, 1.807) is 0 Å². The lowest BCUT2D eigenvalue weighted by molar-refractivity contribution is -0.112. The van der Waals surface area contributed by atoms with Crippen LogP contribution in [-0.4, -0.2) is 35.0 Å². The fourth-order valence-electron chi connectivity index (χ4n) is 5.95. The van der Waals surface area contributed by atoms with Gasteiger partial charge in [-0.05, 0) is 59.9 Å². The zero-order valence-corrected chi connectivity index (χ0v) is 18.7. The number of likely N-dealkylation sites (tertiary alicyclic amines) is 1. The molecule has 3 heteroatoms. The Bertz CT molecular complexity index is 1080. The predicted molar refractivity (Wildman–Crippen MR) is 128 cm³/mol. The summed E-state index contributed by atoms with van der Waals surface area (Å²) >= 11 is 0. The van der Waals surface area contributed by atoms with Crippen molar-refractivity contribution in [1.29, 1.82) is 0 Å². The minimum absolute atomic E-state index is 0.229. The Labute approximate surface area is 190 Å². The molecule has 2 fully saturated rings. The molecule has 1 aliphatic carbocycles. The van der Waals surface area contributed by atoms with Gasteiger partial charge in [-0.15, -0.1) is 0 Å². The molecular formula is C29H31NO2. The van der Waals surface area contributed by atoms with Crippen LogP contribution in [-0.2, 0) is 11.2 Å². The van der Waals surface area contributed by atoms with Crippen LogP contribution in [0.25, 0.3) is 11.1 Å². The molecule has 1 unspecified atom stereocenters. The Morgan fingerprint density at radius 1 is 0.938 bits per heavy atom. The van der Waals surface area contributed by atoms with E-state index in [-0.39, 0.29) is 6.04 Å². The van der Waals surface area contributed by atoms with Crippen molar-refractivity contribution in [3.8, 4) is 11.1 Å². The molecule has 164 valence electrons. The topological polar surface area (TPSA) is 40.5 Å². The SMILES string of the molecule is Cc1cccc(-c2cccc(C(C=O)N3C[C@@H]4C[C@@](O)(Cc5ccccc5)C[C@@H]4C3)c2)c1. The summed E-state index contributed by atoms with van der Waals surface area (Å²) in [4.78, 5) is 14.5. The van der Waals surface area contributed by atoms with E-state index in [4.69, 9.17) is 0 Å². The maximum atomic E-state index is 12.2. The highest BCUT2D eigenvalue weighted by molar-refractivity contribution is 5.68. The number of hydrogen-bond donors (Lipinski definition) is 1. The molecule has 0 amide bonds. The van der Waals surface area contributed by atoms with Crippen molar-refractivity contribution in [2.75, 3.05) is 13.1 Å². The summed E-state index contributed by atoms with van der Waals surface area (Å²) in [6.07, 6.45) is 3.44. The van der Waals surface area contributed by atoms with Crippen molar-refractivity contribution in [3.05, 3.63) is 95.6 Å². The summed E-state index contributed by atoms with van der Waals surface area (Å²) in [7, 11) is 0. The van der Waals surface area contributed by atoms with Gasteiger partial charge < -0.3 is 9.90 Å². The maximum Gasteiger partial charge on any atom is 0.141 e. The second kappa shape index (κ2) is 8.65. The van der Waals surface area contributed by atoms with Crippen molar-refractivity contribution in [2.24, 2.45) is 11.8 Å². The lowest BCUT2D eigenvalue weighted by Crippen LogP contribution is -2.34. The normalized spacial score (nSPS) is 26.1. The highest BCUT2D eigenvalue weighted by atomic mass is 16.3. The third-order valence-corrected chi connectivity index (χ3v) is 7.37. The Balaban J connectivity index is 1.29. The highest BCUT2D eigenvalue weighted by Crippen LogP contribution is 2.47. The molecule has 0 aromatic heterocycles. The summed E-state index contributed by atoms with van der Waals surface area (Å²) in [5.74, 6) is 0.900. The van der Waals surface area contributed by atoms with Gasteiger partial charge in [0.15, 0.2) is 0 Å². The molecule has 1 N–H and O–H groups in total. The molecule has 1 saturated heterocycles. The lowest BCUT2D eigenvalue weighted by atomic mass is 9.91. The number of fused-ring (bicyclic) bond motifs is 1. The number of benzene rings is 3. The second-order valence-electron chi connectivity index (χ2n) is 9.84. The number of aliphatic hydroxyl groups is 1. The van der Waals surface area contributed by atoms with Crippen molar-refractivity contribution >= 4 is 6.29 Å². The summed E-state index contributed by atoms with van der Waals surface area (Å²) in [6, 6.07) is 26.9. The maximum absolute atomic E-state index is 12.2. The van der Waals surface area contributed by atoms with E-state index in [1.165, 1.54) is 16.7 Å². The fraction of sp³-hybridized carbons (Fsp3) is 0.345. The van der Waals surface area contributed by atoms with Crippen molar-refractivity contribution in [3.63, 3.8) is 0 Å². The molecule has 1 aliphatic heterocycles. The number of aryl methyl sites for hydroxylation is 1. The minimum Gasteiger partial charge on any atom is -0.390 e. The van der Waals surface area contributed by atoms with Crippen LogP contribution in [0.15, 0.2) is 78.9 Å². The molecule has 3 nitrogen and oxygen atoms in total. The third kappa shape index (κ3) is 4.28. The molecule has 0 radical (unpaired) electrons. The van der Waals surface area contributed by atoms with E-state index in [0.29, 0.717) is 11.8 Å². The van der Waals surface area contributed by atoms with Crippen LogP contribution in [0.1, 0.15) is 35.6 Å². The van der Waals surface area contributed by atoms with Crippen LogP contribution < -0.4 is 0 Å². The number of carbonyl (C=O) groups excluding carboxylic acids is 1. The Morgan fingerprint density at radius 2 is 1.59 bits per heavy atom. The first kappa shape index (κ1) is 21.1. The van der Waals surface area contributed by atoms with Gasteiger partial charge in [-0.3, -0.25) is 4.90 Å². The average molecular weight is 426 g/mol. The molecule has 5 rings (SSSR count). The first-order chi connectivity index (χ1) is 15.5. The molecule has 1 saturated carbocycles. The van der Waals surface area contributed by atoms with Gasteiger partial charge in [0.25, 0.3) is 0 Å². The summed E-state index contributed by atoms with van der Waals surface area (Å²) in [5.41, 5.74) is 5.19. The Kier molecular flexibility index (Phi) is 5.71. The molecule has 0 spiro atoms. The Hall–Kier alpha value is -2.75. The van der Waals surface area contributed by atoms with E-state index in [1.807, 2.05) is 18.2 Å². The molecule has 3 aromatic carbocycles. The lowest BCUT2D eigenvalue weighted by Gasteiger charge is -2.28. The van der Waals surface area contributed by atoms with E-state index in [2.05, 4.69) is 72.5 Å². The van der Waals surface area contributed by atoms with Gasteiger partial charge in [-0.2, -0.15) is 0 Å². The number of aldehydes is 1. The van der Waals surface area contributed by atoms with Gasteiger partial charge in [0.05, 0.1) is 11.6 Å². The third-order valence-electron chi connectivity index (χ3n) is 7.37. The Morgan fingerprint density at radius 3 is 2.25 bits per heavy atom. The average Bonchev–Trinajstić information content (AvgIpc) is 3.30. The van der Waals surface area contributed by atoms with Crippen LogP contribution >= 0.6 is 0 Å².